The fourth-order valence-electron chi connectivity index (χ4n) is 4.67. The molecule has 0 atom stereocenters. The summed E-state index contributed by atoms with van der Waals surface area (Å²) < 4.78 is 1.19. The van der Waals surface area contributed by atoms with E-state index in [0.29, 0.717) is 0 Å². The fourth-order valence-corrected chi connectivity index (χ4v) is 5.85. The zero-order chi connectivity index (χ0) is 20.5. The first-order valence-electron chi connectivity index (χ1n) is 11.2. The van der Waals surface area contributed by atoms with Crippen molar-refractivity contribution in [3.8, 4) is 11.3 Å². The standard InChI is InChI=1S/C25H28N4S/c1-3-5-15-29(4-2)24-23-22(26-16-27-24)20-18-13-9-10-14-19(18)21(28-25(20)30-23)17-11-7-6-8-12-17/h6-8,11-12,16H,3-5,9-10,13-15H2,1-2H3. The molecule has 0 amide bonds. The van der Waals surface area contributed by atoms with Crippen LogP contribution in [0.4, 0.5) is 5.82 Å². The molecule has 0 aliphatic heterocycles. The molecule has 4 aromatic rings. The predicted molar refractivity (Wildman–Crippen MR) is 128 cm³/mol. The van der Waals surface area contributed by atoms with E-state index in [9.17, 15) is 0 Å². The Balaban J connectivity index is 1.77. The number of hydrogen-bond donors (Lipinski definition) is 0. The highest BCUT2D eigenvalue weighted by Crippen LogP contribution is 2.43. The van der Waals surface area contributed by atoms with Crippen molar-refractivity contribution in [2.45, 2.75) is 52.4 Å². The van der Waals surface area contributed by atoms with Gasteiger partial charge in [-0.15, -0.1) is 11.3 Å². The van der Waals surface area contributed by atoms with Crippen LogP contribution in [0, 0.1) is 0 Å². The molecule has 0 saturated heterocycles. The van der Waals surface area contributed by atoms with Gasteiger partial charge in [-0.05, 0) is 50.2 Å². The zero-order valence-corrected chi connectivity index (χ0v) is 18.6. The number of benzene rings is 1. The molecule has 0 saturated carbocycles. The van der Waals surface area contributed by atoms with Crippen molar-refractivity contribution in [2.75, 3.05) is 18.0 Å². The van der Waals surface area contributed by atoms with E-state index in [-0.39, 0.29) is 0 Å². The van der Waals surface area contributed by atoms with Gasteiger partial charge in [0.1, 0.15) is 17.0 Å². The van der Waals surface area contributed by atoms with E-state index >= 15 is 0 Å². The summed E-state index contributed by atoms with van der Waals surface area (Å²) in [6.45, 7) is 6.45. The SMILES string of the molecule is CCCCN(CC)c1ncnc2c1sc1nc(-c3ccccc3)c3c(c12)CCCC3. The molecule has 4 nitrogen and oxygen atoms in total. The van der Waals surface area contributed by atoms with E-state index in [1.54, 1.807) is 17.7 Å². The molecule has 1 aliphatic carbocycles. The number of hydrogen-bond acceptors (Lipinski definition) is 5. The number of rotatable bonds is 6. The van der Waals surface area contributed by atoms with Crippen molar-refractivity contribution < 1.29 is 0 Å². The molecule has 3 heterocycles. The summed E-state index contributed by atoms with van der Waals surface area (Å²) in [7, 11) is 0. The van der Waals surface area contributed by atoms with Gasteiger partial charge in [0.15, 0.2) is 0 Å². The van der Waals surface area contributed by atoms with E-state index in [2.05, 4.69) is 49.1 Å². The average molecular weight is 417 g/mol. The molecule has 0 fully saturated rings. The second kappa shape index (κ2) is 8.31. The van der Waals surface area contributed by atoms with Gasteiger partial charge in [0, 0.05) is 24.0 Å². The van der Waals surface area contributed by atoms with Crippen LogP contribution in [0.15, 0.2) is 36.7 Å². The quantitative estimate of drug-likeness (QED) is 0.364. The van der Waals surface area contributed by atoms with E-state index in [0.717, 1.165) is 47.8 Å². The van der Waals surface area contributed by atoms with Gasteiger partial charge in [-0.1, -0.05) is 43.7 Å². The molecule has 0 bridgehead atoms. The van der Waals surface area contributed by atoms with Crippen molar-refractivity contribution in [1.82, 2.24) is 15.0 Å². The minimum atomic E-state index is 0.959. The fraction of sp³-hybridized carbons (Fsp3) is 0.400. The van der Waals surface area contributed by atoms with Gasteiger partial charge in [-0.2, -0.15) is 0 Å². The zero-order valence-electron chi connectivity index (χ0n) is 17.8. The monoisotopic (exact) mass is 416 g/mol. The van der Waals surface area contributed by atoms with Gasteiger partial charge in [0.2, 0.25) is 0 Å². The van der Waals surface area contributed by atoms with Crippen molar-refractivity contribution in [3.05, 3.63) is 47.8 Å². The summed E-state index contributed by atoms with van der Waals surface area (Å²) in [6, 6.07) is 10.7. The third-order valence-electron chi connectivity index (χ3n) is 6.21. The average Bonchev–Trinajstić information content (AvgIpc) is 3.19. The molecular weight excluding hydrogens is 388 g/mol. The molecule has 154 valence electrons. The highest BCUT2D eigenvalue weighted by molar-refractivity contribution is 7.26. The van der Waals surface area contributed by atoms with Crippen LogP contribution >= 0.6 is 11.3 Å². The number of aryl methyl sites for hydroxylation is 1. The Morgan fingerprint density at radius 3 is 2.57 bits per heavy atom. The predicted octanol–water partition coefficient (Wildman–Crippen LogP) is 6.41. The van der Waals surface area contributed by atoms with Gasteiger partial charge >= 0.3 is 0 Å². The Morgan fingerprint density at radius 2 is 1.80 bits per heavy atom. The third-order valence-corrected chi connectivity index (χ3v) is 7.28. The number of aromatic nitrogens is 3. The van der Waals surface area contributed by atoms with Crippen molar-refractivity contribution in [1.29, 1.82) is 0 Å². The number of pyridine rings is 1. The maximum absolute atomic E-state index is 5.22. The first-order chi connectivity index (χ1) is 14.8. The minimum absolute atomic E-state index is 0.959. The first kappa shape index (κ1) is 19.4. The lowest BCUT2D eigenvalue weighted by Gasteiger charge is -2.22. The summed E-state index contributed by atoms with van der Waals surface area (Å²) in [4.78, 5) is 18.2. The Kier molecular flexibility index (Phi) is 5.38. The molecule has 0 spiro atoms. The van der Waals surface area contributed by atoms with E-state index in [4.69, 9.17) is 15.0 Å². The molecular formula is C25H28N4S. The summed E-state index contributed by atoms with van der Waals surface area (Å²) in [5.41, 5.74) is 6.38. The molecule has 5 heteroatoms. The van der Waals surface area contributed by atoms with Gasteiger partial charge < -0.3 is 4.90 Å². The maximum Gasteiger partial charge on any atom is 0.150 e. The number of anilines is 1. The van der Waals surface area contributed by atoms with Crippen LogP contribution in [0.2, 0.25) is 0 Å². The van der Waals surface area contributed by atoms with Crippen LogP contribution in [0.25, 0.3) is 31.7 Å². The minimum Gasteiger partial charge on any atom is -0.356 e. The van der Waals surface area contributed by atoms with Crippen LogP contribution in [0.5, 0.6) is 0 Å². The van der Waals surface area contributed by atoms with E-state index < -0.39 is 0 Å². The largest absolute Gasteiger partial charge is 0.356 e. The van der Waals surface area contributed by atoms with Gasteiger partial charge in [-0.25, -0.2) is 15.0 Å². The highest BCUT2D eigenvalue weighted by Gasteiger charge is 2.24. The van der Waals surface area contributed by atoms with E-state index in [1.807, 2.05) is 0 Å². The van der Waals surface area contributed by atoms with Crippen LogP contribution < -0.4 is 4.90 Å². The second-order valence-corrected chi connectivity index (χ2v) is 9.08. The van der Waals surface area contributed by atoms with Gasteiger partial charge in [-0.3, -0.25) is 0 Å². The second-order valence-electron chi connectivity index (χ2n) is 8.08. The third kappa shape index (κ3) is 3.25. The molecule has 30 heavy (non-hydrogen) atoms. The van der Waals surface area contributed by atoms with Crippen molar-refractivity contribution >= 4 is 37.6 Å². The maximum atomic E-state index is 5.22. The Bertz CT molecular complexity index is 1180. The first-order valence-corrected chi connectivity index (χ1v) is 12.0. The van der Waals surface area contributed by atoms with Crippen LogP contribution in [0.1, 0.15) is 50.7 Å². The van der Waals surface area contributed by atoms with Gasteiger partial charge in [0.25, 0.3) is 0 Å². The highest BCUT2D eigenvalue weighted by atomic mass is 32.1. The summed E-state index contributed by atoms with van der Waals surface area (Å²) in [5, 5.41) is 1.28. The molecule has 5 rings (SSSR count). The number of nitrogens with zero attached hydrogens (tertiary/aromatic N) is 4. The normalized spacial score (nSPS) is 13.7. The molecule has 3 aromatic heterocycles. The Labute approximate surface area is 182 Å². The lowest BCUT2D eigenvalue weighted by Crippen LogP contribution is -2.24. The van der Waals surface area contributed by atoms with Crippen LogP contribution in [-0.2, 0) is 12.8 Å². The summed E-state index contributed by atoms with van der Waals surface area (Å²) >= 11 is 1.77. The number of fused-ring (bicyclic) bond motifs is 5. The lowest BCUT2D eigenvalue weighted by molar-refractivity contribution is 0.689. The van der Waals surface area contributed by atoms with E-state index in [1.165, 1.54) is 52.5 Å². The van der Waals surface area contributed by atoms with Crippen LogP contribution in [-0.4, -0.2) is 28.0 Å². The lowest BCUT2D eigenvalue weighted by atomic mass is 9.87. The number of unbranched alkanes of at least 4 members (excludes halogenated alkanes) is 1. The van der Waals surface area contributed by atoms with Gasteiger partial charge in [0.05, 0.1) is 15.9 Å². The molecule has 0 unspecified atom stereocenters. The topological polar surface area (TPSA) is 41.9 Å². The Hall–Kier alpha value is -2.53. The van der Waals surface area contributed by atoms with Crippen molar-refractivity contribution in [3.63, 3.8) is 0 Å². The molecule has 1 aromatic carbocycles. The van der Waals surface area contributed by atoms with Crippen LogP contribution in [0.3, 0.4) is 0 Å². The van der Waals surface area contributed by atoms with Crippen molar-refractivity contribution in [2.24, 2.45) is 0 Å². The summed E-state index contributed by atoms with van der Waals surface area (Å²) in [5.74, 6) is 1.07. The molecule has 1 aliphatic rings. The Morgan fingerprint density at radius 1 is 1.00 bits per heavy atom. The molecule has 0 N–H and O–H groups in total. The summed E-state index contributed by atoms with van der Waals surface area (Å²) in [6.07, 6.45) is 8.82. The molecule has 0 radical (unpaired) electrons. The smallest absolute Gasteiger partial charge is 0.150 e. The number of thiophene rings is 1.